The number of benzene rings is 3. The van der Waals surface area contributed by atoms with Gasteiger partial charge in [0, 0.05) is 101 Å². The number of aromatic carboxylic acids is 1. The molecule has 2 heterocycles. The summed E-state index contributed by atoms with van der Waals surface area (Å²) in [5, 5.41) is 58.3. The van der Waals surface area contributed by atoms with Gasteiger partial charge in [-0.3, -0.25) is 52.6 Å². The Labute approximate surface area is 599 Å². The minimum atomic E-state index is -5.04. The molecule has 1 aliphatic carbocycles. The number of carbonyl (C=O) groups is 10. The van der Waals surface area contributed by atoms with Gasteiger partial charge in [-0.2, -0.15) is 0 Å². The van der Waals surface area contributed by atoms with Crippen molar-refractivity contribution in [2.45, 2.75) is 152 Å². The molecule has 554 valence electrons. The highest BCUT2D eigenvalue weighted by atomic mass is 127. The number of aryl methyl sites for hydroxylation is 1. The average Bonchev–Trinajstić information content (AvgIpc) is 1.62. The lowest BCUT2D eigenvalue weighted by Crippen LogP contribution is -2.51. The van der Waals surface area contributed by atoms with Crippen LogP contribution in [0, 0.1) is 15.4 Å². The molecule has 2 unspecified atom stereocenters. The van der Waals surface area contributed by atoms with E-state index in [1.54, 1.807) is 6.07 Å². The van der Waals surface area contributed by atoms with Gasteiger partial charge in [0.15, 0.2) is 0 Å². The molecule has 1 aliphatic heterocycles. The fourth-order valence-electron chi connectivity index (χ4n) is 12.2. The van der Waals surface area contributed by atoms with Crippen LogP contribution in [0.5, 0.6) is 0 Å². The summed E-state index contributed by atoms with van der Waals surface area (Å²) in [5.41, 5.74) is 2.06. The van der Waals surface area contributed by atoms with Crippen molar-refractivity contribution in [3.63, 3.8) is 0 Å². The van der Waals surface area contributed by atoms with Gasteiger partial charge in [-0.1, -0.05) is 60.7 Å². The molecule has 5 atom stereocenters. The lowest BCUT2D eigenvalue weighted by molar-refractivity contribution is -0.141. The van der Waals surface area contributed by atoms with Crippen LogP contribution in [0.25, 0.3) is 10.8 Å². The number of rotatable bonds is 40. The van der Waals surface area contributed by atoms with E-state index >= 15 is 0 Å². The molecule has 0 radical (unpaired) electrons. The average molecular weight is 1560 g/mol. The first kappa shape index (κ1) is 82.4. The number of nitrogens with zero attached hydrogens (tertiary/aromatic N) is 4. The molecule has 15 N–H and O–H groups in total. The Morgan fingerprint density at radius 3 is 1.80 bits per heavy atom. The van der Waals surface area contributed by atoms with Crippen LogP contribution in [0.4, 0.5) is 4.79 Å². The summed E-state index contributed by atoms with van der Waals surface area (Å²) in [7, 11) is -9.64. The Balaban J connectivity index is 1.06. The molecular weight excluding hydrogens is 1470 g/mol. The third-order valence-corrected chi connectivity index (χ3v) is 20.6. The van der Waals surface area contributed by atoms with Crippen molar-refractivity contribution in [2.24, 2.45) is 11.8 Å². The van der Waals surface area contributed by atoms with E-state index in [1.165, 1.54) is 21.9 Å². The molecule has 0 spiro atoms. The number of carboxylic acids is 4. The topological polar surface area (TPSA) is 474 Å². The Morgan fingerprint density at radius 2 is 1.16 bits per heavy atom. The van der Waals surface area contributed by atoms with Crippen molar-refractivity contribution >= 4 is 108 Å². The quantitative estimate of drug-likeness (QED) is 0.0169. The van der Waals surface area contributed by atoms with E-state index in [2.05, 4.69) is 64.8 Å². The normalized spacial score (nSPS) is 17.2. The highest BCUT2D eigenvalue weighted by Crippen LogP contribution is 2.45. The van der Waals surface area contributed by atoms with Crippen LogP contribution in [0.1, 0.15) is 130 Å². The van der Waals surface area contributed by atoms with Gasteiger partial charge >= 0.3 is 45.1 Å². The molecule has 101 heavy (non-hydrogen) atoms. The number of carboxylic acid groups (broad SMARTS) is 4. The van der Waals surface area contributed by atoms with E-state index in [0.717, 1.165) is 31.9 Å². The Kier molecular flexibility index (Phi) is 33.9. The number of aliphatic carboxylic acids is 3. The van der Waals surface area contributed by atoms with Crippen LogP contribution in [-0.4, -0.2) is 214 Å². The zero-order chi connectivity index (χ0) is 73.7. The molecule has 6 rings (SSSR count). The van der Waals surface area contributed by atoms with Crippen molar-refractivity contribution in [3.05, 3.63) is 111 Å². The number of amides is 7. The summed E-state index contributed by atoms with van der Waals surface area (Å²) >= 11 is 2.23. The Hall–Kier alpha value is -7.52. The summed E-state index contributed by atoms with van der Waals surface area (Å²) in [6.45, 7) is 1.15. The van der Waals surface area contributed by atoms with Crippen molar-refractivity contribution in [1.82, 2.24) is 56.9 Å². The van der Waals surface area contributed by atoms with Crippen LogP contribution >= 0.6 is 37.8 Å². The number of unbranched alkanes of at least 4 members (excludes halogenated alkanes) is 2. The summed E-state index contributed by atoms with van der Waals surface area (Å²) in [5.74, 6) is -9.79. The van der Waals surface area contributed by atoms with E-state index in [1.807, 2.05) is 71.6 Å². The number of aromatic nitrogens is 1. The van der Waals surface area contributed by atoms with Crippen LogP contribution in [-0.2, 0) is 66.9 Å². The standard InChI is InChI=1S/C67H94IN11O20P2/c68-50-25-20-44(21-26-50)9-7-16-57(80)69-31-5-3-13-52(73-58(81)28-29-59(101(97,98)99)79-37-35-77(33-34-78(36-38-79)43-100(94,95)96)42-51-12-8-15-53(72-51)64(87)88)62(85)71-41-45-17-23-48(24-18-45)61(84)74-56(40-46-19-22-47-10-1-2-11-49(47)39-46)63(86)70-32-6-4-14-54(65(89)90)75-67(93)76-55(66(91)92)27-30-60(82)83/h1-2,8,10-12,15,19-22,25-26,39,45,48,52,54-56,59H,3-7,9,13-14,16-18,23-24,27-38,40-43H2,(H,69,80)(H,70,86)(H,71,85)(H,73,81)(H,74,84)(H,82,83)(H,87,88)(H,89,90)(H,91,92)(H2,75,76,93)(H2,94,95,96)(H2,97,98,99)/t45-,48-,52?,54-,55-,56+,59?/m0/s1. The maximum Gasteiger partial charge on any atom is 0.354 e. The van der Waals surface area contributed by atoms with E-state index in [9.17, 15) is 92.0 Å². The summed E-state index contributed by atoms with van der Waals surface area (Å²) in [6.07, 6.45) is 2.43. The number of fused-ring (bicyclic) bond motifs is 1. The maximum absolute atomic E-state index is 14.2. The SMILES string of the molecule is O=C(O)CC[C@H](NC(=O)N[C@@H](CCCCNC(=O)[C@@H](Cc1ccc2ccccc2c1)NC(=O)[C@H]1CC[C@H](CNC(=O)C(CCCCNC(=O)CCCc2ccc(I)cc2)NC(=O)CCC(N2CCN(Cc3cccc(C(=O)O)n3)CCN(CP(=O)(O)O)CC2)P(=O)(O)O)CC1)C(=O)O)C(=O)O. The van der Waals surface area contributed by atoms with E-state index in [0.29, 0.717) is 63.6 Å². The maximum atomic E-state index is 14.2. The largest absolute Gasteiger partial charge is 0.481 e. The Bertz CT molecular complexity index is 3560. The molecule has 7 amide bonds. The fraction of sp³-hybridized carbons (Fsp3) is 0.537. The van der Waals surface area contributed by atoms with Crippen LogP contribution in [0.15, 0.2) is 84.9 Å². The molecule has 2 fully saturated rings. The molecule has 34 heteroatoms. The van der Waals surface area contributed by atoms with Crippen LogP contribution in [0.3, 0.4) is 0 Å². The molecule has 1 aromatic heterocycles. The third kappa shape index (κ3) is 30.5. The van der Waals surface area contributed by atoms with Crippen LogP contribution in [0.2, 0.25) is 0 Å². The molecule has 3 aromatic carbocycles. The first-order valence-electron chi connectivity index (χ1n) is 33.8. The minimum Gasteiger partial charge on any atom is -0.481 e. The first-order chi connectivity index (χ1) is 48.0. The van der Waals surface area contributed by atoms with Gasteiger partial charge < -0.3 is 77.2 Å². The monoisotopic (exact) mass is 1560 g/mol. The van der Waals surface area contributed by atoms with Gasteiger partial charge in [0.1, 0.15) is 41.9 Å². The number of hydrogen-bond donors (Lipinski definition) is 15. The first-order valence-corrected chi connectivity index (χ1v) is 38.4. The van der Waals surface area contributed by atoms with Gasteiger partial charge in [-0.05, 0) is 165 Å². The van der Waals surface area contributed by atoms with Crippen LogP contribution < -0.4 is 37.2 Å². The molecule has 0 bridgehead atoms. The predicted molar refractivity (Wildman–Crippen MR) is 379 cm³/mol. The fourth-order valence-corrected chi connectivity index (χ4v) is 14.5. The molecule has 2 aliphatic rings. The van der Waals surface area contributed by atoms with E-state index in [-0.39, 0.29) is 121 Å². The summed E-state index contributed by atoms with van der Waals surface area (Å²) < 4.78 is 26.7. The zero-order valence-corrected chi connectivity index (χ0v) is 60.1. The lowest BCUT2D eigenvalue weighted by atomic mass is 9.81. The smallest absolute Gasteiger partial charge is 0.354 e. The molecule has 31 nitrogen and oxygen atoms in total. The highest BCUT2D eigenvalue weighted by Gasteiger charge is 2.37. The van der Waals surface area contributed by atoms with Gasteiger partial charge in [0.05, 0.1) is 5.69 Å². The number of nitrogens with one attached hydrogen (secondary N) is 7. The number of carbonyl (C=O) groups excluding carboxylic acids is 6. The van der Waals surface area contributed by atoms with E-state index < -0.39 is 124 Å². The molecule has 1 saturated heterocycles. The predicted octanol–water partition coefficient (Wildman–Crippen LogP) is 4.18. The summed E-state index contributed by atoms with van der Waals surface area (Å²) in [6, 6.07) is 19.6. The van der Waals surface area contributed by atoms with Gasteiger partial charge in [0.2, 0.25) is 29.5 Å². The van der Waals surface area contributed by atoms with Crippen molar-refractivity contribution in [2.75, 3.05) is 65.2 Å². The number of urea groups is 1. The second kappa shape index (κ2) is 41.5. The molecular formula is C67H94IN11O20P2. The van der Waals surface area contributed by atoms with Gasteiger partial charge in [-0.25, -0.2) is 24.2 Å². The molecule has 4 aromatic rings. The van der Waals surface area contributed by atoms with Gasteiger partial charge in [0.25, 0.3) is 0 Å². The Morgan fingerprint density at radius 1 is 0.554 bits per heavy atom. The summed E-state index contributed by atoms with van der Waals surface area (Å²) in [4.78, 5) is 178. The zero-order valence-electron chi connectivity index (χ0n) is 56.2. The molecule has 1 saturated carbocycles. The number of halogens is 1. The number of hydrogen-bond acceptors (Lipinski definition) is 16. The van der Waals surface area contributed by atoms with Gasteiger partial charge in [-0.15, -0.1) is 0 Å². The lowest BCUT2D eigenvalue weighted by Gasteiger charge is -2.33. The van der Waals surface area contributed by atoms with Crippen molar-refractivity contribution < 1.29 is 97.1 Å². The van der Waals surface area contributed by atoms with Crippen molar-refractivity contribution in [1.29, 1.82) is 0 Å². The second-order valence-corrected chi connectivity index (χ2v) is 30.3. The van der Waals surface area contributed by atoms with E-state index in [4.69, 9.17) is 5.11 Å². The minimum absolute atomic E-state index is 0.00780. The highest BCUT2D eigenvalue weighted by molar-refractivity contribution is 14.1. The second-order valence-electron chi connectivity index (χ2n) is 25.6. The van der Waals surface area contributed by atoms with Crippen molar-refractivity contribution in [3.8, 4) is 0 Å². The number of pyridine rings is 1. The third-order valence-electron chi connectivity index (χ3n) is 17.8.